The molecule has 0 bridgehead atoms. The van der Waals surface area contributed by atoms with Gasteiger partial charge in [-0.25, -0.2) is 4.79 Å². The highest BCUT2D eigenvalue weighted by Gasteiger charge is 2.24. The fourth-order valence-electron chi connectivity index (χ4n) is 2.79. The second-order valence-corrected chi connectivity index (χ2v) is 5.45. The van der Waals surface area contributed by atoms with Gasteiger partial charge in [0.25, 0.3) is 0 Å². The smallest absolute Gasteiger partial charge is 0.404 e. The summed E-state index contributed by atoms with van der Waals surface area (Å²) < 4.78 is 5.25. The van der Waals surface area contributed by atoms with Crippen LogP contribution in [0.5, 0.6) is 0 Å². The molecule has 1 aliphatic heterocycles. The standard InChI is InChI=1S/C13H23N3O4/c17-12(9-16-5-7-20-8-6-16)14-10-1-3-11(4-2-10)15-13(18)19/h10-11,15H,1-9H2,(H,14,17)(H,18,19). The maximum Gasteiger partial charge on any atom is 0.404 e. The first kappa shape index (κ1) is 15.1. The van der Waals surface area contributed by atoms with Gasteiger partial charge in [0.1, 0.15) is 0 Å². The van der Waals surface area contributed by atoms with E-state index in [2.05, 4.69) is 15.5 Å². The molecular weight excluding hydrogens is 262 g/mol. The van der Waals surface area contributed by atoms with Crippen molar-refractivity contribution in [1.29, 1.82) is 0 Å². The van der Waals surface area contributed by atoms with Crippen LogP contribution in [0.1, 0.15) is 25.7 Å². The average Bonchev–Trinajstić information content (AvgIpc) is 2.41. The molecule has 0 aromatic rings. The van der Waals surface area contributed by atoms with E-state index in [1.54, 1.807) is 0 Å². The Labute approximate surface area is 118 Å². The van der Waals surface area contributed by atoms with E-state index in [0.717, 1.165) is 38.8 Å². The van der Waals surface area contributed by atoms with E-state index in [-0.39, 0.29) is 18.0 Å². The normalized spacial score (nSPS) is 27.8. The Morgan fingerprint density at radius 3 is 2.15 bits per heavy atom. The Bertz CT molecular complexity index is 337. The summed E-state index contributed by atoms with van der Waals surface area (Å²) in [5.41, 5.74) is 0. The van der Waals surface area contributed by atoms with E-state index < -0.39 is 6.09 Å². The zero-order chi connectivity index (χ0) is 14.4. The molecule has 0 aromatic heterocycles. The van der Waals surface area contributed by atoms with Gasteiger partial charge in [-0.3, -0.25) is 9.69 Å². The zero-order valence-corrected chi connectivity index (χ0v) is 11.6. The van der Waals surface area contributed by atoms with Crippen LogP contribution in [0.3, 0.4) is 0 Å². The summed E-state index contributed by atoms with van der Waals surface area (Å²) in [6.07, 6.45) is 2.27. The molecule has 1 saturated heterocycles. The molecule has 7 nitrogen and oxygen atoms in total. The van der Waals surface area contributed by atoms with Crippen LogP contribution >= 0.6 is 0 Å². The largest absolute Gasteiger partial charge is 0.465 e. The zero-order valence-electron chi connectivity index (χ0n) is 11.6. The van der Waals surface area contributed by atoms with Crippen molar-refractivity contribution < 1.29 is 19.4 Å². The molecule has 2 rings (SSSR count). The number of carboxylic acid groups (broad SMARTS) is 1. The number of carbonyl (C=O) groups excluding carboxylic acids is 1. The minimum Gasteiger partial charge on any atom is -0.465 e. The Hall–Kier alpha value is -1.34. The van der Waals surface area contributed by atoms with Crippen LogP contribution in [0.4, 0.5) is 4.79 Å². The molecule has 1 aliphatic carbocycles. The lowest BCUT2D eigenvalue weighted by molar-refractivity contribution is -0.124. The predicted octanol–water partition coefficient (Wildman–Crippen LogP) is 0.0136. The van der Waals surface area contributed by atoms with Crippen LogP contribution in [0.25, 0.3) is 0 Å². The van der Waals surface area contributed by atoms with Crippen LogP contribution in [-0.4, -0.2) is 66.9 Å². The fraction of sp³-hybridized carbons (Fsp3) is 0.846. The van der Waals surface area contributed by atoms with Crippen LogP contribution in [0.15, 0.2) is 0 Å². The molecule has 1 saturated carbocycles. The first-order chi connectivity index (χ1) is 9.63. The first-order valence-electron chi connectivity index (χ1n) is 7.22. The SMILES string of the molecule is O=C(O)NC1CCC(NC(=O)CN2CCOCC2)CC1. The second-order valence-electron chi connectivity index (χ2n) is 5.45. The number of ether oxygens (including phenoxy) is 1. The third-order valence-corrected chi connectivity index (χ3v) is 3.89. The van der Waals surface area contributed by atoms with Crippen molar-refractivity contribution in [3.63, 3.8) is 0 Å². The third-order valence-electron chi connectivity index (χ3n) is 3.89. The summed E-state index contributed by atoms with van der Waals surface area (Å²) in [5, 5.41) is 14.2. The van der Waals surface area contributed by atoms with Crippen molar-refractivity contribution in [2.75, 3.05) is 32.8 Å². The van der Waals surface area contributed by atoms with Gasteiger partial charge in [-0.05, 0) is 25.7 Å². The number of morpholine rings is 1. The lowest BCUT2D eigenvalue weighted by Crippen LogP contribution is -2.48. The number of nitrogens with one attached hydrogen (secondary N) is 2. The van der Waals surface area contributed by atoms with Crippen LogP contribution in [0, 0.1) is 0 Å². The summed E-state index contributed by atoms with van der Waals surface area (Å²) in [7, 11) is 0. The van der Waals surface area contributed by atoms with Gasteiger partial charge in [-0.2, -0.15) is 0 Å². The molecule has 2 fully saturated rings. The molecule has 3 N–H and O–H groups in total. The monoisotopic (exact) mass is 285 g/mol. The Kier molecular flexibility index (Phi) is 5.60. The van der Waals surface area contributed by atoms with Gasteiger partial charge in [-0.15, -0.1) is 0 Å². The van der Waals surface area contributed by atoms with Crippen molar-refractivity contribution >= 4 is 12.0 Å². The molecule has 2 amide bonds. The van der Waals surface area contributed by atoms with E-state index in [1.807, 2.05) is 0 Å². The van der Waals surface area contributed by atoms with Gasteiger partial charge in [-0.1, -0.05) is 0 Å². The highest BCUT2D eigenvalue weighted by molar-refractivity contribution is 5.78. The number of nitrogens with zero attached hydrogens (tertiary/aromatic N) is 1. The molecule has 0 radical (unpaired) electrons. The molecule has 0 aromatic carbocycles. The summed E-state index contributed by atoms with van der Waals surface area (Å²) in [4.78, 5) is 24.6. The van der Waals surface area contributed by atoms with E-state index in [1.165, 1.54) is 0 Å². The number of hydrogen-bond donors (Lipinski definition) is 3. The summed E-state index contributed by atoms with van der Waals surface area (Å²) in [6.45, 7) is 3.43. The maximum absolute atomic E-state index is 11.9. The van der Waals surface area contributed by atoms with Crippen molar-refractivity contribution in [3.8, 4) is 0 Å². The molecule has 7 heteroatoms. The lowest BCUT2D eigenvalue weighted by Gasteiger charge is -2.30. The minimum absolute atomic E-state index is 0.0277. The van der Waals surface area contributed by atoms with Gasteiger partial charge in [0.05, 0.1) is 19.8 Å². The van der Waals surface area contributed by atoms with Crippen molar-refractivity contribution in [2.24, 2.45) is 0 Å². The summed E-state index contributed by atoms with van der Waals surface area (Å²) >= 11 is 0. The molecule has 2 aliphatic rings. The van der Waals surface area contributed by atoms with Gasteiger partial charge in [0.2, 0.25) is 5.91 Å². The molecule has 0 unspecified atom stereocenters. The van der Waals surface area contributed by atoms with Crippen molar-refractivity contribution in [1.82, 2.24) is 15.5 Å². The predicted molar refractivity (Wildman–Crippen MR) is 72.6 cm³/mol. The van der Waals surface area contributed by atoms with Gasteiger partial charge < -0.3 is 20.5 Å². The van der Waals surface area contributed by atoms with Gasteiger partial charge in [0, 0.05) is 25.2 Å². The van der Waals surface area contributed by atoms with E-state index in [0.29, 0.717) is 19.8 Å². The number of rotatable bonds is 4. The Balaban J connectivity index is 1.64. The van der Waals surface area contributed by atoms with E-state index >= 15 is 0 Å². The molecular formula is C13H23N3O4. The highest BCUT2D eigenvalue weighted by atomic mass is 16.5. The number of carbonyl (C=O) groups is 2. The van der Waals surface area contributed by atoms with Crippen LogP contribution < -0.4 is 10.6 Å². The van der Waals surface area contributed by atoms with Crippen LogP contribution in [0.2, 0.25) is 0 Å². The van der Waals surface area contributed by atoms with Crippen molar-refractivity contribution in [2.45, 2.75) is 37.8 Å². The average molecular weight is 285 g/mol. The summed E-state index contributed by atoms with van der Waals surface area (Å²) in [5.74, 6) is 0.0570. The third kappa shape index (κ3) is 4.97. The fourth-order valence-corrected chi connectivity index (χ4v) is 2.79. The quantitative estimate of drug-likeness (QED) is 0.677. The topological polar surface area (TPSA) is 90.9 Å². The van der Waals surface area contributed by atoms with Crippen LogP contribution in [-0.2, 0) is 9.53 Å². The highest BCUT2D eigenvalue weighted by Crippen LogP contribution is 2.18. The minimum atomic E-state index is -0.968. The number of hydrogen-bond acceptors (Lipinski definition) is 4. The molecule has 0 atom stereocenters. The first-order valence-corrected chi connectivity index (χ1v) is 7.22. The maximum atomic E-state index is 11.9. The molecule has 0 spiro atoms. The summed E-state index contributed by atoms with van der Waals surface area (Å²) in [6, 6.07) is 0.204. The van der Waals surface area contributed by atoms with E-state index in [9.17, 15) is 9.59 Å². The van der Waals surface area contributed by atoms with Gasteiger partial charge >= 0.3 is 6.09 Å². The number of amides is 2. The molecule has 1 heterocycles. The second kappa shape index (κ2) is 7.44. The Morgan fingerprint density at radius 1 is 1.05 bits per heavy atom. The van der Waals surface area contributed by atoms with Crippen molar-refractivity contribution in [3.05, 3.63) is 0 Å². The van der Waals surface area contributed by atoms with E-state index in [4.69, 9.17) is 9.84 Å². The molecule has 114 valence electrons. The Morgan fingerprint density at radius 2 is 1.60 bits per heavy atom. The molecule has 20 heavy (non-hydrogen) atoms. The van der Waals surface area contributed by atoms with Gasteiger partial charge in [0.15, 0.2) is 0 Å². The lowest BCUT2D eigenvalue weighted by atomic mass is 9.91.